The number of unbranched alkanes of at least 4 members (excludes halogenated alkanes) is 2. The van der Waals surface area contributed by atoms with Gasteiger partial charge in [0.2, 0.25) is 0 Å². The molecule has 0 radical (unpaired) electrons. The molecule has 0 bridgehead atoms. The fourth-order valence-electron chi connectivity index (χ4n) is 2.89. The van der Waals surface area contributed by atoms with E-state index in [1.54, 1.807) is 0 Å². The Morgan fingerprint density at radius 2 is 1.79 bits per heavy atom. The molecule has 0 aliphatic rings. The van der Waals surface area contributed by atoms with Crippen molar-refractivity contribution in [3.8, 4) is 0 Å². The standard InChI is InChI=1S/C22H38N2O4Si/c1-4-5-16-29(2,3)17-15-27-21(25)20(23)13-9-10-14-24-22(26)28-18-19-11-7-6-8-12-19/h6-8,11-12,20H,4-5,9-10,13-18,23H2,1-3H3,(H,24,26)/t20-/m0/s1. The van der Waals surface area contributed by atoms with Crippen LogP contribution in [-0.4, -0.2) is 39.3 Å². The van der Waals surface area contributed by atoms with Gasteiger partial charge in [-0.1, -0.05) is 69.2 Å². The van der Waals surface area contributed by atoms with Crippen molar-refractivity contribution in [3.63, 3.8) is 0 Å². The molecule has 0 aromatic heterocycles. The van der Waals surface area contributed by atoms with E-state index in [-0.39, 0.29) is 12.6 Å². The highest BCUT2D eigenvalue weighted by Gasteiger charge is 2.21. The first-order valence-corrected chi connectivity index (χ1v) is 14.1. The Morgan fingerprint density at radius 3 is 2.48 bits per heavy atom. The maximum absolute atomic E-state index is 12.0. The molecule has 1 aromatic carbocycles. The summed E-state index contributed by atoms with van der Waals surface area (Å²) in [6.07, 6.45) is 4.05. The summed E-state index contributed by atoms with van der Waals surface area (Å²) in [7, 11) is -1.27. The third-order valence-electron chi connectivity index (χ3n) is 4.96. The predicted molar refractivity (Wildman–Crippen MR) is 119 cm³/mol. The summed E-state index contributed by atoms with van der Waals surface area (Å²) < 4.78 is 10.5. The third kappa shape index (κ3) is 12.3. The van der Waals surface area contributed by atoms with Crippen molar-refractivity contribution in [2.24, 2.45) is 5.73 Å². The van der Waals surface area contributed by atoms with Gasteiger partial charge in [-0.2, -0.15) is 0 Å². The number of carbonyl (C=O) groups excluding carboxylic acids is 2. The Morgan fingerprint density at radius 1 is 1.07 bits per heavy atom. The van der Waals surface area contributed by atoms with Crippen LogP contribution in [0.3, 0.4) is 0 Å². The van der Waals surface area contributed by atoms with E-state index in [1.807, 2.05) is 30.3 Å². The minimum Gasteiger partial charge on any atom is -0.465 e. The zero-order valence-corrected chi connectivity index (χ0v) is 19.2. The number of alkyl carbamates (subject to hydrolysis) is 1. The summed E-state index contributed by atoms with van der Waals surface area (Å²) in [6.45, 7) is 8.10. The minimum absolute atomic E-state index is 0.251. The molecule has 1 atom stereocenters. The molecule has 0 saturated heterocycles. The second kappa shape index (κ2) is 14.2. The Labute approximate surface area is 176 Å². The second-order valence-electron chi connectivity index (χ2n) is 8.28. The molecule has 164 valence electrons. The van der Waals surface area contributed by atoms with E-state index in [0.717, 1.165) is 24.4 Å². The number of rotatable bonds is 14. The Balaban J connectivity index is 2.06. The molecule has 1 aromatic rings. The van der Waals surface area contributed by atoms with Crippen LogP contribution in [0.5, 0.6) is 0 Å². The first-order valence-electron chi connectivity index (χ1n) is 10.7. The van der Waals surface area contributed by atoms with Crippen LogP contribution < -0.4 is 11.1 Å². The molecule has 0 spiro atoms. The van der Waals surface area contributed by atoms with Gasteiger partial charge in [0.15, 0.2) is 0 Å². The lowest BCUT2D eigenvalue weighted by molar-refractivity contribution is -0.144. The molecule has 7 heteroatoms. The van der Waals surface area contributed by atoms with Gasteiger partial charge in [0.25, 0.3) is 0 Å². The Hall–Kier alpha value is -1.86. The summed E-state index contributed by atoms with van der Waals surface area (Å²) in [5.41, 5.74) is 6.87. The Bertz CT molecular complexity index is 596. The number of benzene rings is 1. The predicted octanol–water partition coefficient (Wildman–Crippen LogP) is 4.46. The number of nitrogens with one attached hydrogen (secondary N) is 1. The number of esters is 1. The Kier molecular flexibility index (Phi) is 12.3. The van der Waals surface area contributed by atoms with E-state index in [4.69, 9.17) is 15.2 Å². The third-order valence-corrected chi connectivity index (χ3v) is 8.22. The van der Waals surface area contributed by atoms with Crippen LogP contribution in [0.2, 0.25) is 25.2 Å². The summed E-state index contributed by atoms with van der Waals surface area (Å²) in [6, 6.07) is 11.2. The molecule has 6 nitrogen and oxygen atoms in total. The fraction of sp³-hybridized carbons (Fsp3) is 0.636. The number of hydrogen-bond donors (Lipinski definition) is 2. The molecule has 1 amide bonds. The molecular weight excluding hydrogens is 384 g/mol. The first kappa shape index (κ1) is 25.2. The lowest BCUT2D eigenvalue weighted by Gasteiger charge is -2.22. The number of carbonyl (C=O) groups is 2. The van der Waals surface area contributed by atoms with E-state index in [0.29, 0.717) is 19.6 Å². The van der Waals surface area contributed by atoms with E-state index in [9.17, 15) is 9.59 Å². The van der Waals surface area contributed by atoms with Gasteiger partial charge in [-0.15, -0.1) is 0 Å². The van der Waals surface area contributed by atoms with Gasteiger partial charge in [0.1, 0.15) is 12.6 Å². The van der Waals surface area contributed by atoms with E-state index in [2.05, 4.69) is 25.3 Å². The van der Waals surface area contributed by atoms with Gasteiger partial charge in [0, 0.05) is 6.54 Å². The maximum Gasteiger partial charge on any atom is 0.407 e. The second-order valence-corrected chi connectivity index (χ2v) is 13.6. The van der Waals surface area contributed by atoms with Crippen LogP contribution in [0.25, 0.3) is 0 Å². The highest BCUT2D eigenvalue weighted by molar-refractivity contribution is 6.77. The molecule has 3 N–H and O–H groups in total. The van der Waals surface area contributed by atoms with Crippen molar-refractivity contribution in [2.45, 2.75) is 76.9 Å². The molecule has 0 aliphatic heterocycles. The van der Waals surface area contributed by atoms with Crippen molar-refractivity contribution < 1.29 is 19.1 Å². The quantitative estimate of drug-likeness (QED) is 0.262. The van der Waals surface area contributed by atoms with Crippen molar-refractivity contribution in [1.29, 1.82) is 0 Å². The van der Waals surface area contributed by atoms with Crippen LogP contribution in [0.15, 0.2) is 30.3 Å². The minimum atomic E-state index is -1.27. The van der Waals surface area contributed by atoms with Crippen LogP contribution in [0.4, 0.5) is 4.79 Å². The SMILES string of the molecule is CCCC[Si](C)(C)CCOC(=O)[C@@H](N)CCCCNC(=O)OCc1ccccc1. The molecule has 0 unspecified atom stereocenters. The van der Waals surface area contributed by atoms with Gasteiger partial charge in [-0.3, -0.25) is 4.79 Å². The van der Waals surface area contributed by atoms with Crippen molar-refractivity contribution in [2.75, 3.05) is 13.2 Å². The first-order chi connectivity index (χ1) is 13.8. The molecule has 1 rings (SSSR count). The lowest BCUT2D eigenvalue weighted by Crippen LogP contribution is -2.34. The van der Waals surface area contributed by atoms with Crippen LogP contribution >= 0.6 is 0 Å². The molecule has 0 saturated carbocycles. The van der Waals surface area contributed by atoms with Gasteiger partial charge >= 0.3 is 12.1 Å². The number of nitrogens with two attached hydrogens (primary N) is 1. The average Bonchev–Trinajstić information content (AvgIpc) is 2.71. The zero-order chi connectivity index (χ0) is 21.5. The monoisotopic (exact) mass is 422 g/mol. The maximum atomic E-state index is 12.0. The van der Waals surface area contributed by atoms with Gasteiger partial charge in [0.05, 0.1) is 14.7 Å². The topological polar surface area (TPSA) is 90.6 Å². The fourth-order valence-corrected chi connectivity index (χ4v) is 5.10. The molecule has 0 aliphatic carbocycles. The summed E-state index contributed by atoms with van der Waals surface area (Å²) >= 11 is 0. The molecule has 0 fully saturated rings. The molecule has 29 heavy (non-hydrogen) atoms. The van der Waals surface area contributed by atoms with Crippen molar-refractivity contribution >= 4 is 20.1 Å². The van der Waals surface area contributed by atoms with Crippen molar-refractivity contribution in [3.05, 3.63) is 35.9 Å². The number of hydrogen-bond acceptors (Lipinski definition) is 5. The number of amides is 1. The van der Waals surface area contributed by atoms with E-state index in [1.165, 1.54) is 18.9 Å². The average molecular weight is 423 g/mol. The van der Waals surface area contributed by atoms with Crippen LogP contribution in [0.1, 0.15) is 44.6 Å². The van der Waals surface area contributed by atoms with E-state index >= 15 is 0 Å². The van der Waals surface area contributed by atoms with Gasteiger partial charge in [-0.05, 0) is 30.9 Å². The van der Waals surface area contributed by atoms with Crippen LogP contribution in [-0.2, 0) is 20.9 Å². The zero-order valence-electron chi connectivity index (χ0n) is 18.2. The molecule has 0 heterocycles. The number of ether oxygens (including phenoxy) is 2. The summed E-state index contributed by atoms with van der Waals surface area (Å²) in [5.74, 6) is -0.319. The lowest BCUT2D eigenvalue weighted by atomic mass is 10.1. The highest BCUT2D eigenvalue weighted by Crippen LogP contribution is 2.18. The largest absolute Gasteiger partial charge is 0.465 e. The summed E-state index contributed by atoms with van der Waals surface area (Å²) in [5, 5.41) is 2.71. The van der Waals surface area contributed by atoms with Gasteiger partial charge < -0.3 is 20.5 Å². The van der Waals surface area contributed by atoms with Crippen molar-refractivity contribution in [1.82, 2.24) is 5.32 Å². The summed E-state index contributed by atoms with van der Waals surface area (Å²) in [4.78, 5) is 23.7. The van der Waals surface area contributed by atoms with Gasteiger partial charge in [-0.25, -0.2) is 4.79 Å². The van der Waals surface area contributed by atoms with Crippen LogP contribution in [0, 0.1) is 0 Å². The van der Waals surface area contributed by atoms with E-state index < -0.39 is 20.2 Å². The highest BCUT2D eigenvalue weighted by atomic mass is 28.3. The smallest absolute Gasteiger partial charge is 0.407 e. The normalized spacial score (nSPS) is 12.3. The molecular formula is C22H38N2O4Si.